The number of thioether (sulfide) groups is 2. The van der Waals surface area contributed by atoms with Gasteiger partial charge in [-0.3, -0.25) is 57.7 Å². The van der Waals surface area contributed by atoms with Crippen LogP contribution in [-0.2, 0) is 70.8 Å². The molecule has 94 heavy (non-hydrogen) atoms. The van der Waals surface area contributed by atoms with Crippen LogP contribution in [0.1, 0.15) is 83.5 Å². The number of ketones is 1. The summed E-state index contributed by atoms with van der Waals surface area (Å²) in [6, 6.07) is 0.915. The number of fused-ring (bicyclic) bond motifs is 3. The molecule has 0 saturated carbocycles. The van der Waals surface area contributed by atoms with E-state index in [1.54, 1.807) is 10.6 Å². The summed E-state index contributed by atoms with van der Waals surface area (Å²) >= 11 is 8.21. The Kier molecular flexibility index (Phi) is 36.4. The van der Waals surface area contributed by atoms with Gasteiger partial charge in [0.1, 0.15) is 38.4 Å². The number of carboxylic acids is 1. The minimum atomic E-state index is -5.08. The molecule has 4 aromatic heterocycles. The lowest BCUT2D eigenvalue weighted by atomic mass is 9.96. The highest BCUT2D eigenvalue weighted by atomic mass is 35.5. The maximum atomic E-state index is 13.4. The number of guanidine groups is 1. The number of nitrogens with one attached hydrogen (secondary N) is 6. The van der Waals surface area contributed by atoms with Crippen molar-refractivity contribution >= 4 is 136 Å². The Morgan fingerprint density at radius 1 is 0.830 bits per heavy atom. The van der Waals surface area contributed by atoms with Crippen molar-refractivity contribution in [3.63, 3.8) is 0 Å². The van der Waals surface area contributed by atoms with Crippen molar-refractivity contribution < 1.29 is 80.4 Å². The molecule has 1 unspecified atom stereocenters. The number of aliphatic imine (C=N–C) groups is 1. The number of hydrogen-bond acceptors (Lipinski definition) is 23. The van der Waals surface area contributed by atoms with E-state index in [9.17, 15) is 61.1 Å². The lowest BCUT2D eigenvalue weighted by Crippen LogP contribution is -2.43. The molecule has 520 valence electrons. The van der Waals surface area contributed by atoms with Gasteiger partial charge in [-0.25, -0.2) is 19.6 Å². The lowest BCUT2D eigenvalue weighted by molar-refractivity contribution is -0.192. The third-order valence-electron chi connectivity index (χ3n) is 13.1. The number of nitrogens with zero attached hydrogens (tertiary/aromatic N) is 6. The fourth-order valence-corrected chi connectivity index (χ4v) is 11.1. The van der Waals surface area contributed by atoms with Crippen LogP contribution in [0.4, 0.5) is 29.7 Å². The van der Waals surface area contributed by atoms with Gasteiger partial charge in [0.25, 0.3) is 11.1 Å². The van der Waals surface area contributed by atoms with E-state index < -0.39 is 53.1 Å². The molecular formula is C53H79BClF3N18O16S2. The maximum Gasteiger partial charge on any atom is 0.490 e. The third-order valence-corrected chi connectivity index (χ3v) is 15.9. The molecule has 2 aliphatic rings. The van der Waals surface area contributed by atoms with Crippen LogP contribution in [-0.4, -0.2) is 199 Å². The predicted octanol–water partition coefficient (Wildman–Crippen LogP) is -0.511. The summed E-state index contributed by atoms with van der Waals surface area (Å²) in [7, 11) is 5.07. The zero-order valence-electron chi connectivity index (χ0n) is 51.1. The van der Waals surface area contributed by atoms with E-state index in [4.69, 9.17) is 82.7 Å². The monoisotopic (exact) mass is 1390 g/mol. The first kappa shape index (κ1) is 79.9. The average molecular weight is 1390 g/mol. The summed E-state index contributed by atoms with van der Waals surface area (Å²) in [5, 5.41) is 19.1. The fraction of sp³-hybridized carbons (Fsp3) is 0.604. The number of aromatic amines is 2. The molecule has 5 atom stereocenters. The number of pyridine rings is 1. The highest BCUT2D eigenvalue weighted by molar-refractivity contribution is 8.00. The molecule has 34 nitrogen and oxygen atoms in total. The Bertz CT molecular complexity index is 3290. The number of carbonyl (C=O) groups is 9. The minimum Gasteiger partial charge on any atom is -0.475 e. The molecule has 0 bridgehead atoms. The number of primary amides is 2. The van der Waals surface area contributed by atoms with Gasteiger partial charge < -0.3 is 89.3 Å². The van der Waals surface area contributed by atoms with Crippen molar-refractivity contribution in [1.82, 2.24) is 55.3 Å². The largest absolute Gasteiger partial charge is 0.490 e. The summed E-state index contributed by atoms with van der Waals surface area (Å²) < 4.78 is 55.6. The van der Waals surface area contributed by atoms with Crippen LogP contribution in [0.25, 0.3) is 22.2 Å². The van der Waals surface area contributed by atoms with Crippen molar-refractivity contribution in [3.05, 3.63) is 39.4 Å². The quantitative estimate of drug-likeness (QED) is 0.00511. The molecule has 19 N–H and O–H groups in total. The number of aliphatic carboxylic acids is 1. The highest BCUT2D eigenvalue weighted by Gasteiger charge is 2.42. The van der Waals surface area contributed by atoms with Gasteiger partial charge in [0.05, 0.1) is 69.0 Å². The number of carbonyl (C=O) groups excluding carboxylic acids is 8. The molecule has 0 spiro atoms. The first-order valence-corrected chi connectivity index (χ1v) is 31.9. The van der Waals surface area contributed by atoms with Crippen LogP contribution in [0.3, 0.4) is 0 Å². The van der Waals surface area contributed by atoms with E-state index in [-0.39, 0.29) is 153 Å². The number of carboxylic acid groups (broad SMARTS) is 1. The van der Waals surface area contributed by atoms with Crippen LogP contribution >= 0.6 is 35.1 Å². The number of halogens is 4. The van der Waals surface area contributed by atoms with Crippen LogP contribution < -0.4 is 66.8 Å². The van der Waals surface area contributed by atoms with Crippen LogP contribution in [0.5, 0.6) is 0 Å². The summed E-state index contributed by atoms with van der Waals surface area (Å²) in [6.45, 7) is 1.17. The molecule has 4 aromatic rings. The number of imidazole rings is 2. The highest BCUT2D eigenvalue weighted by Crippen LogP contribution is 2.33. The maximum absolute atomic E-state index is 13.4. The Hall–Kier alpha value is -8.37. The molecular weight excluding hydrogens is 1310 g/mol. The molecule has 41 heteroatoms. The molecule has 2 radical (unpaired) electrons. The summed E-state index contributed by atoms with van der Waals surface area (Å²) in [5.74, 6) is -5.65. The van der Waals surface area contributed by atoms with Crippen molar-refractivity contribution in [3.8, 4) is 0 Å². The van der Waals surface area contributed by atoms with E-state index in [2.05, 4.69) is 51.2 Å². The summed E-state index contributed by atoms with van der Waals surface area (Å²) in [4.78, 5) is 149. The second-order valence-electron chi connectivity index (χ2n) is 20.5. The topological polar surface area (TPSA) is 542 Å². The van der Waals surface area contributed by atoms with E-state index >= 15 is 0 Å². The second-order valence-corrected chi connectivity index (χ2v) is 23.1. The first-order valence-electron chi connectivity index (χ1n) is 29.2. The number of aromatic nitrogens is 7. The number of nitrogens with two attached hydrogens (primary N) is 6. The van der Waals surface area contributed by atoms with Crippen molar-refractivity contribution in [2.24, 2.45) is 33.8 Å². The first-order chi connectivity index (χ1) is 44.6. The summed E-state index contributed by atoms with van der Waals surface area (Å²) in [6.07, 6.45) is 4.98. The number of amides is 6. The van der Waals surface area contributed by atoms with Crippen molar-refractivity contribution in [1.29, 1.82) is 0 Å². The number of rotatable bonds is 38. The van der Waals surface area contributed by atoms with Gasteiger partial charge >= 0.3 is 30.1 Å². The van der Waals surface area contributed by atoms with Crippen molar-refractivity contribution in [2.75, 3.05) is 74.1 Å². The Morgan fingerprint density at radius 2 is 1.47 bits per heavy atom. The Labute approximate surface area is 549 Å². The number of hydrogen-bond donors (Lipinski definition) is 13. The normalized spacial score (nSPS) is 15.2. The number of unbranched alkanes of at least 4 members (excludes halogenated alkanes) is 3. The smallest absolute Gasteiger partial charge is 0.475 e. The Balaban J connectivity index is 0.000000546. The molecule has 6 rings (SSSR count). The molecule has 0 aliphatic carbocycles. The number of Topliss-reactive ketones (excluding diaryl/α,β-unsaturated/α-hetero) is 1. The number of anilines is 2. The number of esters is 2. The van der Waals surface area contributed by atoms with E-state index in [0.717, 1.165) is 36.8 Å². The molecule has 6 heterocycles. The number of H-pyrrole nitrogens is 2. The van der Waals surface area contributed by atoms with Gasteiger partial charge in [0.2, 0.25) is 29.6 Å². The third kappa shape index (κ3) is 31.0. The van der Waals surface area contributed by atoms with E-state index in [0.29, 0.717) is 74.2 Å². The van der Waals surface area contributed by atoms with E-state index in [1.165, 1.54) is 17.2 Å². The average Bonchev–Trinajstić information content (AvgIpc) is 1.72. The van der Waals surface area contributed by atoms with Crippen LogP contribution in [0.15, 0.2) is 33.3 Å². The summed E-state index contributed by atoms with van der Waals surface area (Å²) in [5.41, 5.74) is 32.8. The predicted molar refractivity (Wildman–Crippen MR) is 341 cm³/mol. The van der Waals surface area contributed by atoms with Gasteiger partial charge in [-0.1, -0.05) is 25.6 Å². The molecule has 2 fully saturated rings. The van der Waals surface area contributed by atoms with Crippen LogP contribution in [0, 0.1) is 5.92 Å². The van der Waals surface area contributed by atoms with Gasteiger partial charge in [-0.2, -0.15) is 29.9 Å². The standard InChI is InChI=1S/C37H58N12O9S2.C10H12ClN5O4.C4H8BNO.C2HF3O2/c38-28-16-25-33(35(55)47-28)44-20-49(25)21-57-13-14-58-31(53)19-59-17-22(34(39)54)15-26(50)23(7-6-12-43-36(40)41)45-30(52)10-2-1-5-11-42-29(51)9-4-3-8-27-32-24(18-60-27)46-37(56)48-32;11-3-6(17)20-2-1-19-5-16-4-13-7-8(16)14-10(12)15-9(7)18;5-3-1-2-4(6)7;3-2(4,5)1(6)7/h16,20,22-24,27,32H,1-15,17-19,21H2,(H2,39,54)(H,42,51)(H,45,52)(H3,38,47,55)(H4,40,41,43)(H2,46,48,56);4H,1-3,5H2,(H3,12,14,15,18);1-3H2,(H2,6,7);(H,6,7)/t22-,23?,24-,27-,32-;;;/m0.../s1. The molecule has 2 aliphatic heterocycles. The van der Waals surface area contributed by atoms with Gasteiger partial charge in [0, 0.05) is 61.6 Å². The van der Waals surface area contributed by atoms with Gasteiger partial charge in [-0.15, -0.1) is 23.4 Å². The number of ether oxygens (including phenoxy) is 4. The van der Waals surface area contributed by atoms with Crippen LogP contribution in [0.2, 0.25) is 6.32 Å². The molecule has 2 saturated heterocycles. The number of nitrogen functional groups attached to an aromatic ring is 2. The fourth-order valence-electron chi connectivity index (χ4n) is 8.54. The van der Waals surface area contributed by atoms with E-state index in [1.807, 2.05) is 11.8 Å². The second kappa shape index (κ2) is 42.8. The Morgan fingerprint density at radius 3 is 2.11 bits per heavy atom. The number of urea groups is 1. The molecule has 0 aromatic carbocycles. The van der Waals surface area contributed by atoms with Gasteiger partial charge in [0.15, 0.2) is 28.4 Å². The van der Waals surface area contributed by atoms with Gasteiger partial charge in [-0.05, 0) is 38.5 Å². The minimum absolute atomic E-state index is 0.000271. The SMILES string of the molecule is NC(=O)[C@H](CSCC(=O)OCCOCn1cnc2c(=O)[nH]c(N)cc21)CC(=O)C(CCCN=C(N)N)NC(=O)CCCCCNC(=O)CCCC[C@@H]1SC[C@@H]2NC(=O)N[C@@H]21.Nc1nc2c(ncn2COCCOC(=O)CCl)c(=O)[nH]1.O=C(O)C(F)(F)F.[B]CCCC(N)=O. The zero-order chi connectivity index (χ0) is 69.8. The number of alkyl halides is 4. The van der Waals surface area contributed by atoms with Crippen molar-refractivity contribution in [2.45, 2.75) is 133 Å². The zero-order valence-corrected chi connectivity index (χ0v) is 53.5. The molecule has 6 amide bonds. The lowest BCUT2D eigenvalue weighted by Gasteiger charge is -2.20.